The minimum absolute atomic E-state index is 0.0270. The minimum atomic E-state index is -0.289. The molecule has 0 spiro atoms. The predicted molar refractivity (Wildman–Crippen MR) is 73.5 cm³/mol. The Bertz CT molecular complexity index is 327. The fraction of sp³-hybridized carbons (Fsp3) is 0.846. The SMILES string of the molecule is CC(C)N1C(=O)CC(NCC2CCCCS2)C1=O. The Morgan fingerprint density at radius 2 is 2.17 bits per heavy atom. The van der Waals surface area contributed by atoms with Gasteiger partial charge in [0.05, 0.1) is 12.5 Å². The molecule has 2 fully saturated rings. The first-order valence-electron chi connectivity index (χ1n) is 6.80. The number of nitrogens with zero attached hydrogens (tertiary/aromatic N) is 1. The number of amides is 2. The molecule has 0 bridgehead atoms. The molecule has 2 aliphatic heterocycles. The van der Waals surface area contributed by atoms with E-state index in [0.29, 0.717) is 11.7 Å². The summed E-state index contributed by atoms with van der Waals surface area (Å²) < 4.78 is 0. The number of carbonyl (C=O) groups excluding carboxylic acids is 2. The lowest BCUT2D eigenvalue weighted by Crippen LogP contribution is -2.43. The van der Waals surface area contributed by atoms with Crippen LogP contribution in [0, 0.1) is 0 Å². The van der Waals surface area contributed by atoms with Crippen LogP contribution in [-0.2, 0) is 9.59 Å². The molecule has 2 aliphatic rings. The number of thioether (sulfide) groups is 1. The number of likely N-dealkylation sites (tertiary alicyclic amines) is 1. The first-order chi connectivity index (χ1) is 8.59. The lowest BCUT2D eigenvalue weighted by Gasteiger charge is -2.23. The molecule has 0 aromatic heterocycles. The highest BCUT2D eigenvalue weighted by Gasteiger charge is 2.39. The van der Waals surface area contributed by atoms with Crippen molar-refractivity contribution in [3.05, 3.63) is 0 Å². The van der Waals surface area contributed by atoms with E-state index in [-0.39, 0.29) is 23.9 Å². The molecule has 18 heavy (non-hydrogen) atoms. The van der Waals surface area contributed by atoms with Crippen LogP contribution in [-0.4, -0.2) is 46.3 Å². The summed E-state index contributed by atoms with van der Waals surface area (Å²) in [7, 11) is 0. The van der Waals surface area contributed by atoms with E-state index < -0.39 is 0 Å². The Kier molecular flexibility index (Phi) is 4.67. The van der Waals surface area contributed by atoms with Gasteiger partial charge in [-0.2, -0.15) is 11.8 Å². The van der Waals surface area contributed by atoms with Crippen LogP contribution in [0.2, 0.25) is 0 Å². The first kappa shape index (κ1) is 13.9. The van der Waals surface area contributed by atoms with Crippen molar-refractivity contribution < 1.29 is 9.59 Å². The van der Waals surface area contributed by atoms with Crippen LogP contribution in [0.15, 0.2) is 0 Å². The molecule has 0 saturated carbocycles. The molecule has 5 heteroatoms. The summed E-state index contributed by atoms with van der Waals surface area (Å²) in [5, 5.41) is 3.89. The van der Waals surface area contributed by atoms with Gasteiger partial charge < -0.3 is 5.32 Å². The van der Waals surface area contributed by atoms with Gasteiger partial charge in [0.15, 0.2) is 0 Å². The number of imide groups is 1. The Labute approximate surface area is 113 Å². The van der Waals surface area contributed by atoms with Crippen molar-refractivity contribution in [1.82, 2.24) is 10.2 Å². The van der Waals surface area contributed by atoms with E-state index in [1.54, 1.807) is 0 Å². The zero-order chi connectivity index (χ0) is 13.1. The maximum atomic E-state index is 12.1. The van der Waals surface area contributed by atoms with Gasteiger partial charge in [-0.3, -0.25) is 14.5 Å². The summed E-state index contributed by atoms with van der Waals surface area (Å²) in [6.45, 7) is 4.62. The summed E-state index contributed by atoms with van der Waals surface area (Å²) in [6.07, 6.45) is 4.15. The van der Waals surface area contributed by atoms with Gasteiger partial charge in [0.2, 0.25) is 11.8 Å². The van der Waals surface area contributed by atoms with Crippen molar-refractivity contribution in [3.63, 3.8) is 0 Å². The van der Waals surface area contributed by atoms with Gasteiger partial charge in [-0.15, -0.1) is 0 Å². The topological polar surface area (TPSA) is 49.4 Å². The van der Waals surface area contributed by atoms with Crippen molar-refractivity contribution in [3.8, 4) is 0 Å². The minimum Gasteiger partial charge on any atom is -0.304 e. The van der Waals surface area contributed by atoms with Gasteiger partial charge in [-0.05, 0) is 32.4 Å². The smallest absolute Gasteiger partial charge is 0.247 e. The molecule has 2 atom stereocenters. The lowest BCUT2D eigenvalue weighted by atomic mass is 10.1. The monoisotopic (exact) mass is 270 g/mol. The lowest BCUT2D eigenvalue weighted by molar-refractivity contribution is -0.140. The van der Waals surface area contributed by atoms with Crippen LogP contribution >= 0.6 is 11.8 Å². The molecule has 0 aromatic rings. The highest BCUT2D eigenvalue weighted by Crippen LogP contribution is 2.25. The van der Waals surface area contributed by atoms with Crippen LogP contribution in [0.4, 0.5) is 0 Å². The van der Waals surface area contributed by atoms with E-state index in [2.05, 4.69) is 5.32 Å². The van der Waals surface area contributed by atoms with E-state index >= 15 is 0 Å². The number of hydrogen-bond donors (Lipinski definition) is 1. The number of hydrogen-bond acceptors (Lipinski definition) is 4. The van der Waals surface area contributed by atoms with Crippen molar-refractivity contribution >= 4 is 23.6 Å². The molecule has 0 radical (unpaired) electrons. The largest absolute Gasteiger partial charge is 0.304 e. The molecule has 2 heterocycles. The van der Waals surface area contributed by atoms with E-state index in [4.69, 9.17) is 0 Å². The van der Waals surface area contributed by atoms with Gasteiger partial charge in [-0.25, -0.2) is 0 Å². The van der Waals surface area contributed by atoms with Crippen LogP contribution < -0.4 is 5.32 Å². The van der Waals surface area contributed by atoms with Gasteiger partial charge >= 0.3 is 0 Å². The Hall–Kier alpha value is -0.550. The second-order valence-electron chi connectivity index (χ2n) is 5.35. The second kappa shape index (κ2) is 6.06. The molecule has 0 aliphatic carbocycles. The van der Waals surface area contributed by atoms with Crippen LogP contribution in [0.25, 0.3) is 0 Å². The molecular formula is C13H22N2O2S. The number of nitrogens with one attached hydrogen (secondary N) is 1. The fourth-order valence-electron chi connectivity index (χ4n) is 2.60. The zero-order valence-corrected chi connectivity index (χ0v) is 12.0. The van der Waals surface area contributed by atoms with Crippen LogP contribution in [0.5, 0.6) is 0 Å². The van der Waals surface area contributed by atoms with Crippen molar-refractivity contribution in [2.24, 2.45) is 0 Å². The van der Waals surface area contributed by atoms with Crippen LogP contribution in [0.1, 0.15) is 39.5 Å². The van der Waals surface area contributed by atoms with E-state index in [0.717, 1.165) is 6.54 Å². The van der Waals surface area contributed by atoms with Gasteiger partial charge in [0.1, 0.15) is 0 Å². The zero-order valence-electron chi connectivity index (χ0n) is 11.1. The van der Waals surface area contributed by atoms with E-state index in [9.17, 15) is 9.59 Å². The normalized spacial score (nSPS) is 29.4. The molecule has 2 unspecified atom stereocenters. The molecule has 2 rings (SSSR count). The first-order valence-corrected chi connectivity index (χ1v) is 7.85. The highest BCUT2D eigenvalue weighted by atomic mass is 32.2. The third-order valence-corrected chi connectivity index (χ3v) is 4.96. The van der Waals surface area contributed by atoms with Crippen molar-refractivity contribution in [2.75, 3.05) is 12.3 Å². The summed E-state index contributed by atoms with van der Waals surface area (Å²) in [5.41, 5.74) is 0. The van der Waals surface area contributed by atoms with E-state index in [1.165, 1.54) is 29.9 Å². The highest BCUT2D eigenvalue weighted by molar-refractivity contribution is 7.99. The summed E-state index contributed by atoms with van der Waals surface area (Å²) >= 11 is 1.98. The van der Waals surface area contributed by atoms with Crippen molar-refractivity contribution in [1.29, 1.82) is 0 Å². The summed E-state index contributed by atoms with van der Waals surface area (Å²) in [5.74, 6) is 1.14. The maximum Gasteiger partial charge on any atom is 0.247 e. The molecule has 102 valence electrons. The summed E-state index contributed by atoms with van der Waals surface area (Å²) in [6, 6.07) is -0.316. The second-order valence-corrected chi connectivity index (χ2v) is 6.76. The van der Waals surface area contributed by atoms with Gasteiger partial charge in [-0.1, -0.05) is 6.42 Å². The molecule has 2 saturated heterocycles. The molecule has 1 N–H and O–H groups in total. The average molecular weight is 270 g/mol. The Morgan fingerprint density at radius 3 is 2.72 bits per heavy atom. The standard InChI is InChI=1S/C13H22N2O2S/c1-9(2)15-12(16)7-11(13(15)17)14-8-10-5-3-4-6-18-10/h9-11,14H,3-8H2,1-2H3. The number of rotatable bonds is 4. The maximum absolute atomic E-state index is 12.1. The number of carbonyl (C=O) groups is 2. The molecule has 2 amide bonds. The fourth-order valence-corrected chi connectivity index (χ4v) is 3.85. The van der Waals surface area contributed by atoms with Crippen LogP contribution in [0.3, 0.4) is 0 Å². The third-order valence-electron chi connectivity index (χ3n) is 3.57. The summed E-state index contributed by atoms with van der Waals surface area (Å²) in [4.78, 5) is 25.2. The Balaban J connectivity index is 1.83. The van der Waals surface area contributed by atoms with Gasteiger partial charge in [0, 0.05) is 17.8 Å². The quantitative estimate of drug-likeness (QED) is 0.785. The molecule has 0 aromatic carbocycles. The molecular weight excluding hydrogens is 248 g/mol. The van der Waals surface area contributed by atoms with E-state index in [1.807, 2.05) is 25.6 Å². The Morgan fingerprint density at radius 1 is 1.39 bits per heavy atom. The predicted octanol–water partition coefficient (Wildman–Crippen LogP) is 1.40. The average Bonchev–Trinajstić information content (AvgIpc) is 2.63. The third kappa shape index (κ3) is 3.06. The van der Waals surface area contributed by atoms with Gasteiger partial charge in [0.25, 0.3) is 0 Å². The van der Waals surface area contributed by atoms with Crippen molar-refractivity contribution in [2.45, 2.75) is 56.9 Å². The molecule has 4 nitrogen and oxygen atoms in total.